The molecule has 0 spiro atoms. The molecule has 3 rings (SSSR count). The van der Waals surface area contributed by atoms with Crippen molar-refractivity contribution < 1.29 is 19.1 Å². The first kappa shape index (κ1) is 20.2. The average molecular weight is 421 g/mol. The molecule has 1 heterocycles. The van der Waals surface area contributed by atoms with Crippen molar-refractivity contribution in [1.82, 2.24) is 0 Å². The van der Waals surface area contributed by atoms with Crippen molar-refractivity contribution >= 4 is 52.4 Å². The van der Waals surface area contributed by atoms with E-state index in [0.29, 0.717) is 21.4 Å². The van der Waals surface area contributed by atoms with E-state index in [4.69, 9.17) is 27.9 Å². The summed E-state index contributed by atoms with van der Waals surface area (Å²) in [6, 6.07) is 11.9. The van der Waals surface area contributed by atoms with E-state index in [2.05, 4.69) is 5.32 Å². The number of ether oxygens (including phenoxy) is 1. The van der Waals surface area contributed by atoms with Gasteiger partial charge in [-0.15, -0.1) is 0 Å². The number of nitrogens with one attached hydrogen (secondary N) is 1. The number of carbonyl (C=O) groups is 3. The summed E-state index contributed by atoms with van der Waals surface area (Å²) in [4.78, 5) is 38.1. The molecular weight excluding hydrogens is 403 g/mol. The highest BCUT2D eigenvalue weighted by Crippen LogP contribution is 2.31. The van der Waals surface area contributed by atoms with Gasteiger partial charge in [0, 0.05) is 34.4 Å². The van der Waals surface area contributed by atoms with E-state index in [1.165, 1.54) is 4.90 Å². The van der Waals surface area contributed by atoms with Crippen LogP contribution in [0.25, 0.3) is 0 Å². The van der Waals surface area contributed by atoms with Crippen molar-refractivity contribution in [3.8, 4) is 0 Å². The molecule has 146 valence electrons. The standard InChI is InChI=1S/C20H18Cl2N2O4/c1-12-16(22)6-3-7-17(12)24-10-13(8-19(24)26)20(27)28-11-18(25)23-15-5-2-4-14(21)9-15/h2-7,9,13H,8,10-11H2,1H3,(H,23,25)/t13-/m0/s1. The van der Waals surface area contributed by atoms with Crippen LogP contribution in [0, 0.1) is 12.8 Å². The Bertz CT molecular complexity index is 932. The Kier molecular flexibility index (Phi) is 6.21. The fourth-order valence-corrected chi connectivity index (χ4v) is 3.36. The SMILES string of the molecule is Cc1c(Cl)cccc1N1C[C@@H](C(=O)OCC(=O)Nc2cccc(Cl)c2)CC1=O. The summed E-state index contributed by atoms with van der Waals surface area (Å²) in [5.41, 5.74) is 1.95. The Morgan fingerprint density at radius 2 is 1.96 bits per heavy atom. The molecule has 1 aliphatic heterocycles. The summed E-state index contributed by atoms with van der Waals surface area (Å²) in [5.74, 6) is -1.89. The van der Waals surface area contributed by atoms with Gasteiger partial charge in [0.1, 0.15) is 0 Å². The normalized spacial score (nSPS) is 16.2. The summed E-state index contributed by atoms with van der Waals surface area (Å²) in [7, 11) is 0. The number of halogens is 2. The van der Waals surface area contributed by atoms with Gasteiger partial charge < -0.3 is 15.0 Å². The van der Waals surface area contributed by atoms with Gasteiger partial charge in [-0.3, -0.25) is 14.4 Å². The molecule has 1 atom stereocenters. The second-order valence-corrected chi connectivity index (χ2v) is 7.30. The van der Waals surface area contributed by atoms with Crippen LogP contribution in [-0.2, 0) is 19.1 Å². The second kappa shape index (κ2) is 8.63. The molecule has 0 aliphatic carbocycles. The largest absolute Gasteiger partial charge is 0.455 e. The highest BCUT2D eigenvalue weighted by molar-refractivity contribution is 6.32. The summed E-state index contributed by atoms with van der Waals surface area (Å²) in [6.07, 6.45) is 0.0285. The van der Waals surface area contributed by atoms with E-state index >= 15 is 0 Å². The maximum Gasteiger partial charge on any atom is 0.311 e. The van der Waals surface area contributed by atoms with Crippen LogP contribution in [0.5, 0.6) is 0 Å². The van der Waals surface area contributed by atoms with E-state index in [-0.39, 0.29) is 18.9 Å². The van der Waals surface area contributed by atoms with Crippen LogP contribution in [0.2, 0.25) is 10.0 Å². The molecule has 28 heavy (non-hydrogen) atoms. The first-order chi connectivity index (χ1) is 13.3. The number of rotatable bonds is 5. The van der Waals surface area contributed by atoms with E-state index < -0.39 is 24.4 Å². The summed E-state index contributed by atoms with van der Waals surface area (Å²) >= 11 is 12.0. The van der Waals surface area contributed by atoms with Crippen molar-refractivity contribution in [2.24, 2.45) is 5.92 Å². The number of hydrogen-bond donors (Lipinski definition) is 1. The third-order valence-corrected chi connectivity index (χ3v) is 5.09. The first-order valence-corrected chi connectivity index (χ1v) is 9.38. The molecule has 1 saturated heterocycles. The van der Waals surface area contributed by atoms with Crippen LogP contribution in [0.15, 0.2) is 42.5 Å². The molecule has 0 radical (unpaired) electrons. The highest BCUT2D eigenvalue weighted by atomic mass is 35.5. The lowest BCUT2D eigenvalue weighted by Gasteiger charge is -2.19. The minimum absolute atomic E-state index is 0.0285. The monoisotopic (exact) mass is 420 g/mol. The van der Waals surface area contributed by atoms with E-state index in [0.717, 1.165) is 5.56 Å². The molecule has 0 bridgehead atoms. The van der Waals surface area contributed by atoms with Crippen LogP contribution in [0.3, 0.4) is 0 Å². The number of carbonyl (C=O) groups excluding carboxylic acids is 3. The highest BCUT2D eigenvalue weighted by Gasteiger charge is 2.37. The zero-order chi connectivity index (χ0) is 20.3. The number of hydrogen-bond acceptors (Lipinski definition) is 4. The van der Waals surface area contributed by atoms with Crippen molar-refractivity contribution in [2.75, 3.05) is 23.4 Å². The molecule has 0 aromatic heterocycles. The number of nitrogens with zero attached hydrogens (tertiary/aromatic N) is 1. The lowest BCUT2D eigenvalue weighted by atomic mass is 10.1. The van der Waals surface area contributed by atoms with Gasteiger partial charge in [-0.25, -0.2) is 0 Å². The van der Waals surface area contributed by atoms with Gasteiger partial charge in [0.2, 0.25) is 5.91 Å². The minimum Gasteiger partial charge on any atom is -0.455 e. The van der Waals surface area contributed by atoms with Crippen LogP contribution in [0.1, 0.15) is 12.0 Å². The van der Waals surface area contributed by atoms with Crippen LogP contribution in [0.4, 0.5) is 11.4 Å². The van der Waals surface area contributed by atoms with Gasteiger partial charge in [0.25, 0.3) is 5.91 Å². The number of esters is 1. The third-order valence-electron chi connectivity index (χ3n) is 4.44. The number of amides is 2. The van der Waals surface area contributed by atoms with Crippen molar-refractivity contribution in [2.45, 2.75) is 13.3 Å². The topological polar surface area (TPSA) is 75.7 Å². The van der Waals surface area contributed by atoms with Gasteiger partial charge in [-0.1, -0.05) is 35.3 Å². The molecule has 8 heteroatoms. The number of anilines is 2. The minimum atomic E-state index is -0.634. The Morgan fingerprint density at radius 3 is 2.71 bits per heavy atom. The predicted octanol–water partition coefficient (Wildman–Crippen LogP) is 3.84. The van der Waals surface area contributed by atoms with Gasteiger partial charge in [-0.2, -0.15) is 0 Å². The summed E-state index contributed by atoms with van der Waals surface area (Å²) in [6.45, 7) is 1.57. The molecule has 6 nitrogen and oxygen atoms in total. The summed E-state index contributed by atoms with van der Waals surface area (Å²) < 4.78 is 5.09. The molecule has 0 unspecified atom stereocenters. The fraction of sp³-hybridized carbons (Fsp3) is 0.250. The average Bonchev–Trinajstić information content (AvgIpc) is 3.04. The van der Waals surface area contributed by atoms with Gasteiger partial charge in [0.05, 0.1) is 5.92 Å². The molecule has 2 aromatic carbocycles. The molecule has 2 amide bonds. The van der Waals surface area contributed by atoms with Crippen LogP contribution < -0.4 is 10.2 Å². The third kappa shape index (κ3) is 4.64. The Balaban J connectivity index is 1.56. The van der Waals surface area contributed by atoms with Crippen molar-refractivity contribution in [3.63, 3.8) is 0 Å². The summed E-state index contributed by atoms with van der Waals surface area (Å²) in [5, 5.41) is 3.63. The molecule has 0 saturated carbocycles. The second-order valence-electron chi connectivity index (χ2n) is 6.46. The van der Waals surface area contributed by atoms with Crippen molar-refractivity contribution in [1.29, 1.82) is 0 Å². The Hall–Kier alpha value is -2.57. The Morgan fingerprint density at radius 1 is 1.21 bits per heavy atom. The lowest BCUT2D eigenvalue weighted by Crippen LogP contribution is -2.28. The van der Waals surface area contributed by atoms with Gasteiger partial charge in [-0.05, 0) is 42.8 Å². The quantitative estimate of drug-likeness (QED) is 0.745. The zero-order valence-electron chi connectivity index (χ0n) is 15.1. The lowest BCUT2D eigenvalue weighted by molar-refractivity contribution is -0.151. The van der Waals surface area contributed by atoms with E-state index in [1.54, 1.807) is 42.5 Å². The van der Waals surface area contributed by atoms with E-state index in [1.807, 2.05) is 6.92 Å². The molecule has 1 fully saturated rings. The smallest absolute Gasteiger partial charge is 0.311 e. The molecular formula is C20H18Cl2N2O4. The maximum atomic E-state index is 12.3. The van der Waals surface area contributed by atoms with Crippen LogP contribution in [-0.4, -0.2) is 30.9 Å². The van der Waals surface area contributed by atoms with Crippen LogP contribution >= 0.6 is 23.2 Å². The zero-order valence-corrected chi connectivity index (χ0v) is 16.6. The molecule has 1 N–H and O–H groups in total. The predicted molar refractivity (Wildman–Crippen MR) is 108 cm³/mol. The van der Waals surface area contributed by atoms with E-state index in [9.17, 15) is 14.4 Å². The Labute approximate surface area is 172 Å². The van der Waals surface area contributed by atoms with Gasteiger partial charge in [0.15, 0.2) is 6.61 Å². The fourth-order valence-electron chi connectivity index (χ4n) is 3.00. The molecule has 1 aliphatic rings. The maximum absolute atomic E-state index is 12.3. The first-order valence-electron chi connectivity index (χ1n) is 8.62. The van der Waals surface area contributed by atoms with Gasteiger partial charge >= 0.3 is 5.97 Å². The molecule has 2 aromatic rings. The number of benzene rings is 2. The van der Waals surface area contributed by atoms with Crippen molar-refractivity contribution in [3.05, 3.63) is 58.1 Å².